The van der Waals surface area contributed by atoms with Crippen LogP contribution in [0.15, 0.2) is 17.3 Å². The van der Waals surface area contributed by atoms with Crippen molar-refractivity contribution in [3.8, 4) is 0 Å². The molecule has 5 nitrogen and oxygen atoms in total. The summed E-state index contributed by atoms with van der Waals surface area (Å²) in [7, 11) is 0. The Morgan fingerprint density at radius 2 is 2.09 bits per heavy atom. The van der Waals surface area contributed by atoms with Gasteiger partial charge in [0, 0.05) is 18.1 Å². The van der Waals surface area contributed by atoms with Gasteiger partial charge in [-0.15, -0.1) is 0 Å². The molecule has 2 aliphatic carbocycles. The first-order valence-corrected chi connectivity index (χ1v) is 9.19. The normalized spacial score (nSPS) is 26.8. The molecule has 23 heavy (non-hydrogen) atoms. The molecule has 7 heteroatoms. The Morgan fingerprint density at radius 3 is 2.70 bits per heavy atom. The van der Waals surface area contributed by atoms with Crippen LogP contribution in [-0.2, 0) is 0 Å². The second-order valence-electron chi connectivity index (χ2n) is 6.63. The van der Waals surface area contributed by atoms with Crippen LogP contribution in [0.4, 0.5) is 16.0 Å². The van der Waals surface area contributed by atoms with Crippen LogP contribution >= 0.6 is 11.8 Å². The van der Waals surface area contributed by atoms with E-state index in [4.69, 9.17) is 0 Å². The summed E-state index contributed by atoms with van der Waals surface area (Å²) in [6.45, 7) is 1.92. The van der Waals surface area contributed by atoms with Gasteiger partial charge in [0.05, 0.1) is 11.4 Å². The molecule has 2 aromatic rings. The number of thioether (sulfide) groups is 1. The van der Waals surface area contributed by atoms with Crippen molar-refractivity contribution in [2.24, 2.45) is 5.92 Å². The number of halogens is 1. The number of aromatic nitrogens is 4. The fourth-order valence-electron chi connectivity index (χ4n) is 3.33. The summed E-state index contributed by atoms with van der Waals surface area (Å²) in [4.78, 5) is 9.07. The van der Waals surface area contributed by atoms with Gasteiger partial charge in [-0.25, -0.2) is 14.4 Å². The number of aromatic amines is 1. The Morgan fingerprint density at radius 1 is 1.30 bits per heavy atom. The number of hydrogen-bond donors (Lipinski definition) is 2. The van der Waals surface area contributed by atoms with Gasteiger partial charge >= 0.3 is 0 Å². The average Bonchev–Trinajstić information content (AvgIpc) is 3.28. The van der Waals surface area contributed by atoms with Gasteiger partial charge < -0.3 is 5.32 Å². The van der Waals surface area contributed by atoms with E-state index in [1.54, 1.807) is 0 Å². The first-order valence-electron chi connectivity index (χ1n) is 7.97. The van der Waals surface area contributed by atoms with Crippen molar-refractivity contribution in [3.63, 3.8) is 0 Å². The molecule has 0 spiro atoms. The topological polar surface area (TPSA) is 66.5 Å². The largest absolute Gasteiger partial charge is 0.325 e. The number of alkyl halides is 1. The maximum Gasteiger partial charge on any atom is 0.189 e. The molecule has 0 radical (unpaired) electrons. The van der Waals surface area contributed by atoms with E-state index >= 15 is 0 Å². The lowest BCUT2D eigenvalue weighted by Crippen LogP contribution is -2.40. The third kappa shape index (κ3) is 2.94. The average molecular weight is 333 g/mol. The van der Waals surface area contributed by atoms with Crippen molar-refractivity contribution in [1.82, 2.24) is 20.2 Å². The predicted molar refractivity (Wildman–Crippen MR) is 89.0 cm³/mol. The minimum absolute atomic E-state index is 0.207. The highest BCUT2D eigenvalue weighted by Crippen LogP contribution is 2.58. The first-order chi connectivity index (χ1) is 11.1. The van der Waals surface area contributed by atoms with Gasteiger partial charge in [-0.3, -0.25) is 5.10 Å². The lowest BCUT2D eigenvalue weighted by molar-refractivity contribution is 0.0166. The molecule has 0 bridgehead atoms. The Labute approximate surface area is 138 Å². The van der Waals surface area contributed by atoms with Crippen LogP contribution in [0.1, 0.15) is 43.0 Å². The molecule has 2 aromatic heterocycles. The van der Waals surface area contributed by atoms with Crippen molar-refractivity contribution in [3.05, 3.63) is 23.5 Å². The molecule has 122 valence electrons. The number of anilines is 2. The summed E-state index contributed by atoms with van der Waals surface area (Å²) in [6.07, 6.45) is 5.26. The van der Waals surface area contributed by atoms with E-state index in [0.717, 1.165) is 35.9 Å². The molecule has 2 aliphatic rings. The quantitative estimate of drug-likeness (QED) is 0.640. The van der Waals surface area contributed by atoms with Crippen molar-refractivity contribution in [1.29, 1.82) is 0 Å². The minimum atomic E-state index is -0.941. The monoisotopic (exact) mass is 333 g/mol. The molecule has 2 fully saturated rings. The number of nitrogens with one attached hydrogen (secondary N) is 2. The molecular formula is C16H20FN5S. The molecule has 2 N–H and O–H groups in total. The summed E-state index contributed by atoms with van der Waals surface area (Å²) >= 11 is 1.50. The molecule has 0 atom stereocenters. The highest BCUT2D eigenvalue weighted by Gasteiger charge is 2.55. The Hall–Kier alpha value is -1.63. The number of aryl methyl sites for hydroxylation is 1. The SMILES string of the molecule is CSc1nc(Nc2cc(C)n[nH]2)cc(C2CC(F)(C3CC3)C2)n1. The third-order valence-corrected chi connectivity index (χ3v) is 5.32. The van der Waals surface area contributed by atoms with E-state index < -0.39 is 5.67 Å². The number of nitrogens with zero attached hydrogens (tertiary/aromatic N) is 3. The maximum atomic E-state index is 14.6. The van der Waals surface area contributed by atoms with Gasteiger partial charge in [-0.2, -0.15) is 5.10 Å². The minimum Gasteiger partial charge on any atom is -0.325 e. The highest BCUT2D eigenvalue weighted by atomic mass is 32.2. The summed E-state index contributed by atoms with van der Waals surface area (Å²) in [6, 6.07) is 3.86. The van der Waals surface area contributed by atoms with Gasteiger partial charge in [0.25, 0.3) is 0 Å². The standard InChI is InChI=1S/C16H20FN5S/c1-9-5-14(22-21-9)19-13-6-12(18-15(20-13)23-2)10-7-16(17,8-10)11-3-4-11/h5-6,10-11H,3-4,7-8H2,1-2H3,(H2,18,19,20,21,22). The number of H-pyrrole nitrogens is 1. The molecule has 0 saturated heterocycles. The molecule has 2 saturated carbocycles. The lowest BCUT2D eigenvalue weighted by Gasteiger charge is -2.41. The van der Waals surface area contributed by atoms with Crippen LogP contribution in [0.25, 0.3) is 0 Å². The fraction of sp³-hybridized carbons (Fsp3) is 0.562. The Balaban J connectivity index is 1.54. The van der Waals surface area contributed by atoms with E-state index in [1.165, 1.54) is 11.8 Å². The molecule has 0 amide bonds. The van der Waals surface area contributed by atoms with Gasteiger partial charge in [-0.1, -0.05) is 11.8 Å². The molecule has 0 aromatic carbocycles. The van der Waals surface area contributed by atoms with E-state index in [9.17, 15) is 4.39 Å². The van der Waals surface area contributed by atoms with Gasteiger partial charge in [0.15, 0.2) is 5.16 Å². The summed E-state index contributed by atoms with van der Waals surface area (Å²) in [5.74, 6) is 2.03. The number of rotatable bonds is 5. The Kier molecular flexibility index (Phi) is 3.55. The summed E-state index contributed by atoms with van der Waals surface area (Å²) in [5.41, 5.74) is 0.915. The molecule has 0 aliphatic heterocycles. The second kappa shape index (κ2) is 5.47. The van der Waals surface area contributed by atoms with Crippen molar-refractivity contribution < 1.29 is 4.39 Å². The molecule has 0 unspecified atom stereocenters. The van der Waals surface area contributed by atoms with E-state index in [-0.39, 0.29) is 5.92 Å². The zero-order valence-electron chi connectivity index (χ0n) is 13.3. The smallest absolute Gasteiger partial charge is 0.189 e. The number of hydrogen-bond acceptors (Lipinski definition) is 5. The van der Waals surface area contributed by atoms with Crippen LogP contribution in [0.2, 0.25) is 0 Å². The zero-order valence-corrected chi connectivity index (χ0v) is 14.1. The molecular weight excluding hydrogens is 313 g/mol. The molecule has 2 heterocycles. The van der Waals surface area contributed by atoms with E-state index in [1.807, 2.05) is 25.3 Å². The molecule has 4 rings (SSSR count). The highest BCUT2D eigenvalue weighted by molar-refractivity contribution is 7.98. The predicted octanol–water partition coefficient (Wildman–Crippen LogP) is 3.97. The zero-order chi connectivity index (χ0) is 16.0. The maximum absolute atomic E-state index is 14.6. The Bertz CT molecular complexity index is 721. The van der Waals surface area contributed by atoms with Gasteiger partial charge in [0.2, 0.25) is 0 Å². The van der Waals surface area contributed by atoms with Crippen molar-refractivity contribution in [2.45, 2.75) is 49.4 Å². The second-order valence-corrected chi connectivity index (χ2v) is 7.40. The van der Waals surface area contributed by atoms with Crippen LogP contribution in [0.3, 0.4) is 0 Å². The van der Waals surface area contributed by atoms with E-state index in [2.05, 4.69) is 25.5 Å². The lowest BCUT2D eigenvalue weighted by atomic mass is 9.68. The van der Waals surface area contributed by atoms with Gasteiger partial charge in [0.1, 0.15) is 17.3 Å². The third-order valence-electron chi connectivity index (χ3n) is 4.78. The van der Waals surface area contributed by atoms with Gasteiger partial charge in [-0.05, 0) is 44.8 Å². The fourth-order valence-corrected chi connectivity index (χ4v) is 3.72. The summed E-state index contributed by atoms with van der Waals surface area (Å²) in [5, 5.41) is 11.0. The van der Waals surface area contributed by atoms with Crippen LogP contribution in [-0.4, -0.2) is 32.1 Å². The van der Waals surface area contributed by atoms with Crippen molar-refractivity contribution in [2.75, 3.05) is 11.6 Å². The first kappa shape index (κ1) is 14.9. The van der Waals surface area contributed by atoms with Crippen LogP contribution < -0.4 is 5.32 Å². The van der Waals surface area contributed by atoms with Crippen LogP contribution in [0, 0.1) is 12.8 Å². The van der Waals surface area contributed by atoms with E-state index in [0.29, 0.717) is 23.9 Å². The van der Waals surface area contributed by atoms with Crippen molar-refractivity contribution >= 4 is 23.4 Å². The van der Waals surface area contributed by atoms with Crippen LogP contribution in [0.5, 0.6) is 0 Å². The summed E-state index contributed by atoms with van der Waals surface area (Å²) < 4.78 is 14.6.